The van der Waals surface area contributed by atoms with Gasteiger partial charge < -0.3 is 9.64 Å². The van der Waals surface area contributed by atoms with Gasteiger partial charge in [-0.25, -0.2) is 0 Å². The van der Waals surface area contributed by atoms with Crippen molar-refractivity contribution in [2.75, 3.05) is 37.1 Å². The lowest BCUT2D eigenvalue weighted by Gasteiger charge is -2.29. The monoisotopic (exact) mass is 324 g/mol. The fourth-order valence-corrected chi connectivity index (χ4v) is 3.34. The maximum atomic E-state index is 6.59. The number of hydrogen-bond acceptors (Lipinski definition) is 3. The van der Waals surface area contributed by atoms with Gasteiger partial charge in [-0.2, -0.15) is 0 Å². The molecule has 1 aliphatic rings. The zero-order valence-corrected chi connectivity index (χ0v) is 13.5. The predicted octanol–water partition coefficient (Wildman–Crippen LogP) is 3.81. The smallest absolute Gasteiger partial charge is 0.0721 e. The van der Waals surface area contributed by atoms with E-state index >= 15 is 0 Å². The number of halogens is 2. The van der Waals surface area contributed by atoms with Gasteiger partial charge in [-0.15, -0.1) is 11.6 Å². The van der Waals surface area contributed by atoms with E-state index in [4.69, 9.17) is 27.9 Å². The molecule has 2 aromatic rings. The molecule has 3 rings (SSSR count). The highest BCUT2D eigenvalue weighted by molar-refractivity contribution is 6.36. The summed E-state index contributed by atoms with van der Waals surface area (Å²) in [6.07, 6.45) is 0.747. The lowest BCUT2D eigenvalue weighted by molar-refractivity contribution is 0.122. The molecule has 0 N–H and O–H groups in total. The molecule has 1 aromatic carbocycles. The molecule has 0 unspecified atom stereocenters. The number of ether oxygens (including phenoxy) is 1. The molecule has 0 atom stereocenters. The first-order valence-corrected chi connectivity index (χ1v) is 8.09. The fraction of sp³-hybridized carbons (Fsp3) is 0.438. The number of benzene rings is 1. The number of aromatic nitrogens is 1. The summed E-state index contributed by atoms with van der Waals surface area (Å²) >= 11 is 12.5. The molecule has 0 amide bonds. The first-order chi connectivity index (χ1) is 10.2. The third-order valence-corrected chi connectivity index (χ3v) is 4.55. The van der Waals surface area contributed by atoms with Crippen LogP contribution in [-0.2, 0) is 11.2 Å². The van der Waals surface area contributed by atoms with Gasteiger partial charge in [-0.3, -0.25) is 4.98 Å². The Balaban J connectivity index is 2.06. The van der Waals surface area contributed by atoms with E-state index in [0.717, 1.165) is 59.9 Å². The van der Waals surface area contributed by atoms with Crippen LogP contribution >= 0.6 is 23.2 Å². The van der Waals surface area contributed by atoms with Gasteiger partial charge >= 0.3 is 0 Å². The minimum atomic E-state index is 0.552. The van der Waals surface area contributed by atoms with Crippen LogP contribution in [-0.4, -0.2) is 37.2 Å². The Morgan fingerprint density at radius 1 is 1.29 bits per heavy atom. The Kier molecular flexibility index (Phi) is 4.53. The number of morpholine rings is 1. The van der Waals surface area contributed by atoms with E-state index in [1.54, 1.807) is 0 Å². The van der Waals surface area contributed by atoms with Crippen molar-refractivity contribution < 1.29 is 4.74 Å². The standard InChI is InChI=1S/C16H18Cl2N2O/c1-11-13(4-5-17)16(18)14-10-12(2-3-15(14)19-11)20-6-8-21-9-7-20/h2-3,10H,4-9H2,1H3. The topological polar surface area (TPSA) is 25.4 Å². The van der Waals surface area contributed by atoms with Crippen molar-refractivity contribution in [1.29, 1.82) is 0 Å². The van der Waals surface area contributed by atoms with E-state index in [9.17, 15) is 0 Å². The highest BCUT2D eigenvalue weighted by Gasteiger charge is 2.15. The Morgan fingerprint density at radius 2 is 2.05 bits per heavy atom. The van der Waals surface area contributed by atoms with Gasteiger partial charge in [0, 0.05) is 35.7 Å². The van der Waals surface area contributed by atoms with Crippen LogP contribution in [0, 0.1) is 6.92 Å². The SMILES string of the molecule is Cc1nc2ccc(N3CCOCC3)cc2c(Cl)c1CCCl. The van der Waals surface area contributed by atoms with E-state index in [1.165, 1.54) is 5.69 Å². The van der Waals surface area contributed by atoms with Crippen molar-refractivity contribution in [1.82, 2.24) is 4.98 Å². The Labute approximate surface area is 134 Å². The first-order valence-electron chi connectivity index (χ1n) is 7.18. The second kappa shape index (κ2) is 6.39. The van der Waals surface area contributed by atoms with Crippen molar-refractivity contribution in [2.45, 2.75) is 13.3 Å². The van der Waals surface area contributed by atoms with Crippen LogP contribution in [0.25, 0.3) is 10.9 Å². The molecule has 1 aromatic heterocycles. The summed E-state index contributed by atoms with van der Waals surface area (Å²) in [4.78, 5) is 6.97. The average molecular weight is 325 g/mol. The van der Waals surface area contributed by atoms with E-state index in [0.29, 0.717) is 5.88 Å². The number of rotatable bonds is 3. The van der Waals surface area contributed by atoms with Crippen molar-refractivity contribution in [3.05, 3.63) is 34.5 Å². The van der Waals surface area contributed by atoms with Gasteiger partial charge in [-0.1, -0.05) is 11.6 Å². The van der Waals surface area contributed by atoms with E-state index in [1.807, 2.05) is 13.0 Å². The molecule has 1 saturated heterocycles. The quantitative estimate of drug-likeness (QED) is 0.803. The largest absolute Gasteiger partial charge is 0.378 e. The van der Waals surface area contributed by atoms with Crippen LogP contribution in [0.5, 0.6) is 0 Å². The number of nitrogens with zero attached hydrogens (tertiary/aromatic N) is 2. The number of pyridine rings is 1. The number of hydrogen-bond donors (Lipinski definition) is 0. The van der Waals surface area contributed by atoms with E-state index < -0.39 is 0 Å². The Morgan fingerprint density at radius 3 is 2.76 bits per heavy atom. The maximum absolute atomic E-state index is 6.59. The van der Waals surface area contributed by atoms with Crippen LogP contribution in [0.1, 0.15) is 11.3 Å². The van der Waals surface area contributed by atoms with Crippen LogP contribution in [0.4, 0.5) is 5.69 Å². The number of anilines is 1. The molecule has 0 spiro atoms. The summed E-state index contributed by atoms with van der Waals surface area (Å²) in [6.45, 7) is 5.36. The molecular formula is C16H18Cl2N2O. The third kappa shape index (κ3) is 2.96. The summed E-state index contributed by atoms with van der Waals surface area (Å²) in [6, 6.07) is 6.29. The zero-order chi connectivity index (χ0) is 14.8. The summed E-state index contributed by atoms with van der Waals surface area (Å²) < 4.78 is 5.40. The average Bonchev–Trinajstić information content (AvgIpc) is 2.52. The first kappa shape index (κ1) is 14.9. The lowest BCUT2D eigenvalue weighted by Crippen LogP contribution is -2.36. The predicted molar refractivity (Wildman–Crippen MR) is 88.9 cm³/mol. The molecule has 0 aliphatic carbocycles. The molecular weight excluding hydrogens is 307 g/mol. The Bertz CT molecular complexity index is 654. The fourth-order valence-electron chi connectivity index (χ4n) is 2.77. The highest BCUT2D eigenvalue weighted by Crippen LogP contribution is 2.31. The second-order valence-electron chi connectivity index (χ2n) is 5.23. The van der Waals surface area contributed by atoms with Crippen LogP contribution in [0.2, 0.25) is 5.02 Å². The summed E-state index contributed by atoms with van der Waals surface area (Å²) in [5.74, 6) is 0.552. The minimum absolute atomic E-state index is 0.552. The van der Waals surface area contributed by atoms with Crippen molar-refractivity contribution in [3.63, 3.8) is 0 Å². The Hall–Kier alpha value is -1.03. The maximum Gasteiger partial charge on any atom is 0.0721 e. The number of fused-ring (bicyclic) bond motifs is 1. The third-order valence-electron chi connectivity index (χ3n) is 3.93. The van der Waals surface area contributed by atoms with Crippen LogP contribution < -0.4 is 4.90 Å². The molecule has 112 valence electrons. The van der Waals surface area contributed by atoms with Gasteiger partial charge in [-0.05, 0) is 37.1 Å². The number of alkyl halides is 1. The molecule has 0 saturated carbocycles. The molecule has 1 fully saturated rings. The van der Waals surface area contributed by atoms with Crippen molar-refractivity contribution in [3.8, 4) is 0 Å². The zero-order valence-electron chi connectivity index (χ0n) is 12.0. The summed E-state index contributed by atoms with van der Waals surface area (Å²) in [5, 5.41) is 1.79. The summed E-state index contributed by atoms with van der Waals surface area (Å²) in [5.41, 5.74) is 4.13. The minimum Gasteiger partial charge on any atom is -0.378 e. The molecule has 5 heteroatoms. The van der Waals surface area contributed by atoms with Crippen molar-refractivity contribution >= 4 is 39.8 Å². The molecule has 2 heterocycles. The molecule has 1 aliphatic heterocycles. The van der Waals surface area contributed by atoms with Crippen molar-refractivity contribution in [2.24, 2.45) is 0 Å². The molecule has 21 heavy (non-hydrogen) atoms. The van der Waals surface area contributed by atoms with Gasteiger partial charge in [0.1, 0.15) is 0 Å². The van der Waals surface area contributed by atoms with E-state index in [-0.39, 0.29) is 0 Å². The van der Waals surface area contributed by atoms with Gasteiger partial charge in [0.2, 0.25) is 0 Å². The number of aryl methyl sites for hydroxylation is 1. The van der Waals surface area contributed by atoms with Gasteiger partial charge in [0.15, 0.2) is 0 Å². The molecule has 0 radical (unpaired) electrons. The highest BCUT2D eigenvalue weighted by atomic mass is 35.5. The van der Waals surface area contributed by atoms with Crippen LogP contribution in [0.15, 0.2) is 18.2 Å². The second-order valence-corrected chi connectivity index (χ2v) is 5.99. The lowest BCUT2D eigenvalue weighted by atomic mass is 10.1. The van der Waals surface area contributed by atoms with E-state index in [2.05, 4.69) is 22.0 Å². The molecule has 3 nitrogen and oxygen atoms in total. The summed E-state index contributed by atoms with van der Waals surface area (Å²) in [7, 11) is 0. The normalized spacial score (nSPS) is 15.7. The molecule has 0 bridgehead atoms. The van der Waals surface area contributed by atoms with Gasteiger partial charge in [0.25, 0.3) is 0 Å². The van der Waals surface area contributed by atoms with Crippen LogP contribution in [0.3, 0.4) is 0 Å². The van der Waals surface area contributed by atoms with Gasteiger partial charge in [0.05, 0.1) is 23.8 Å².